The van der Waals surface area contributed by atoms with Crippen molar-refractivity contribution in [1.82, 2.24) is 15.6 Å². The van der Waals surface area contributed by atoms with Crippen LogP contribution in [0.15, 0.2) is 30.5 Å². The van der Waals surface area contributed by atoms with Crippen molar-refractivity contribution in [1.29, 1.82) is 0 Å². The van der Waals surface area contributed by atoms with Crippen LogP contribution >= 0.6 is 0 Å². The van der Waals surface area contributed by atoms with Crippen LogP contribution in [0.4, 0.5) is 4.79 Å². The average molecular weight is 560 g/mol. The van der Waals surface area contributed by atoms with Crippen molar-refractivity contribution in [3.05, 3.63) is 36.0 Å². The van der Waals surface area contributed by atoms with Gasteiger partial charge >= 0.3 is 12.1 Å². The van der Waals surface area contributed by atoms with E-state index in [1.165, 1.54) is 13.3 Å². The van der Waals surface area contributed by atoms with Crippen LogP contribution in [-0.2, 0) is 30.6 Å². The number of carbonyl (C=O) groups is 3. The first-order chi connectivity index (χ1) is 18.4. The molecule has 39 heavy (non-hydrogen) atoms. The Bertz CT molecular complexity index is 1340. The molecular weight excluding hydrogens is 522 g/mol. The zero-order valence-electron chi connectivity index (χ0n) is 22.3. The summed E-state index contributed by atoms with van der Waals surface area (Å²) in [5.74, 6) is -0.360. The van der Waals surface area contributed by atoms with Gasteiger partial charge in [-0.1, -0.05) is 18.2 Å². The highest BCUT2D eigenvalue weighted by molar-refractivity contribution is 7.90. The van der Waals surface area contributed by atoms with Gasteiger partial charge in [0.05, 0.1) is 5.75 Å². The second kappa shape index (κ2) is 10.5. The Balaban J connectivity index is 1.35. The number of benzene rings is 1. The van der Waals surface area contributed by atoms with Gasteiger partial charge in [0.2, 0.25) is 5.91 Å². The standard InChI is InChI=1S/C28H37N3O7S/c1-28(14-20-15-29-22-6-4-3-5-21(20)22,26(34)30-23(25(32)33)7-8-39(2,36)37)31-27(35)38-24-18-10-16-9-17(12-18)13-19(24)11-16/h3-6,15-19,23-24,29H,7-14H2,1-2H3,(H,30,34)(H,31,35)(H,32,33)/t16?,17?,18?,19?,23?,24?,28-/m1/s1. The maximum atomic E-state index is 13.6. The first-order valence-electron chi connectivity index (χ1n) is 13.7. The molecule has 11 heteroatoms. The molecule has 212 valence electrons. The smallest absolute Gasteiger partial charge is 0.408 e. The lowest BCUT2D eigenvalue weighted by Gasteiger charge is -2.53. The van der Waals surface area contributed by atoms with Gasteiger partial charge in [-0.15, -0.1) is 0 Å². The lowest BCUT2D eigenvalue weighted by molar-refractivity contribution is -0.143. The van der Waals surface area contributed by atoms with Crippen LogP contribution in [0.1, 0.15) is 51.0 Å². The molecular formula is C28H37N3O7S. The Hall–Kier alpha value is -3.08. The van der Waals surface area contributed by atoms with E-state index < -0.39 is 45.1 Å². The number of para-hydroxylation sites is 1. The molecule has 4 aliphatic rings. The van der Waals surface area contributed by atoms with Crippen LogP contribution in [-0.4, -0.2) is 66.2 Å². The minimum absolute atomic E-state index is 0.0675. The third-order valence-corrected chi connectivity index (χ3v) is 9.84. The van der Waals surface area contributed by atoms with E-state index in [1.807, 2.05) is 24.3 Å². The molecule has 1 aromatic heterocycles. The summed E-state index contributed by atoms with van der Waals surface area (Å²) in [6, 6.07) is 6.12. The number of alkyl carbamates (subject to hydrolysis) is 1. The van der Waals surface area contributed by atoms with E-state index in [0.29, 0.717) is 23.7 Å². The number of aliphatic carboxylic acids is 1. The van der Waals surface area contributed by atoms with Gasteiger partial charge in [0.25, 0.3) is 0 Å². The Morgan fingerprint density at radius 3 is 2.36 bits per heavy atom. The number of hydrogen-bond donors (Lipinski definition) is 4. The largest absolute Gasteiger partial charge is 0.480 e. The molecule has 10 nitrogen and oxygen atoms in total. The molecule has 0 saturated heterocycles. The number of H-pyrrole nitrogens is 1. The number of fused-ring (bicyclic) bond motifs is 1. The van der Waals surface area contributed by atoms with E-state index in [0.717, 1.165) is 48.4 Å². The quantitative estimate of drug-likeness (QED) is 0.349. The van der Waals surface area contributed by atoms with E-state index in [1.54, 1.807) is 6.20 Å². The van der Waals surface area contributed by atoms with Crippen LogP contribution in [0.5, 0.6) is 0 Å². The summed E-state index contributed by atoms with van der Waals surface area (Å²) in [4.78, 5) is 42.0. The van der Waals surface area contributed by atoms with Crippen LogP contribution in [0.3, 0.4) is 0 Å². The molecule has 6 rings (SSSR count). The number of rotatable bonds is 10. The molecule has 4 bridgehead atoms. The number of sulfone groups is 1. The van der Waals surface area contributed by atoms with Crippen molar-refractivity contribution in [2.45, 2.75) is 69.6 Å². The van der Waals surface area contributed by atoms with E-state index in [2.05, 4.69) is 15.6 Å². The van der Waals surface area contributed by atoms with E-state index in [4.69, 9.17) is 4.74 Å². The van der Waals surface area contributed by atoms with Gasteiger partial charge in [-0.2, -0.15) is 0 Å². The van der Waals surface area contributed by atoms with Crippen LogP contribution in [0.25, 0.3) is 10.9 Å². The number of hydrogen-bond acceptors (Lipinski definition) is 6. The van der Waals surface area contributed by atoms with Crippen molar-refractivity contribution in [2.75, 3.05) is 12.0 Å². The molecule has 4 saturated carbocycles. The van der Waals surface area contributed by atoms with Crippen molar-refractivity contribution in [3.63, 3.8) is 0 Å². The number of carboxylic acid groups (broad SMARTS) is 1. The number of ether oxygens (including phenoxy) is 1. The normalized spacial score (nSPS) is 28.0. The fraction of sp³-hybridized carbons (Fsp3) is 0.607. The van der Waals surface area contributed by atoms with Crippen molar-refractivity contribution >= 4 is 38.7 Å². The molecule has 0 spiro atoms. The van der Waals surface area contributed by atoms with E-state index in [-0.39, 0.29) is 18.9 Å². The molecule has 4 fully saturated rings. The number of carbonyl (C=O) groups excluding carboxylic acids is 2. The molecule has 4 N–H and O–H groups in total. The van der Waals surface area contributed by atoms with E-state index >= 15 is 0 Å². The highest BCUT2D eigenvalue weighted by atomic mass is 32.2. The van der Waals surface area contributed by atoms with Crippen molar-refractivity contribution in [3.8, 4) is 0 Å². The molecule has 0 radical (unpaired) electrons. The van der Waals surface area contributed by atoms with Crippen LogP contribution in [0, 0.1) is 23.7 Å². The summed E-state index contributed by atoms with van der Waals surface area (Å²) in [7, 11) is -3.44. The average Bonchev–Trinajstić information content (AvgIpc) is 3.25. The Kier molecular flexibility index (Phi) is 7.39. The minimum atomic E-state index is -3.44. The summed E-state index contributed by atoms with van der Waals surface area (Å²) in [5.41, 5.74) is 0.0661. The SMILES string of the molecule is C[C@](Cc1c[nH]c2ccccc12)(NC(=O)OC1C2CC3CC(C2)CC1C3)C(=O)NC(CCS(C)(=O)=O)C(=O)O. The number of aromatic nitrogens is 1. The number of amides is 2. The Morgan fingerprint density at radius 2 is 1.74 bits per heavy atom. The lowest BCUT2D eigenvalue weighted by Crippen LogP contribution is -2.61. The van der Waals surface area contributed by atoms with Crippen LogP contribution in [0.2, 0.25) is 0 Å². The summed E-state index contributed by atoms with van der Waals surface area (Å²) < 4.78 is 29.3. The lowest BCUT2D eigenvalue weighted by atomic mass is 9.55. The zero-order chi connectivity index (χ0) is 27.9. The van der Waals surface area contributed by atoms with Gasteiger partial charge in [-0.3, -0.25) is 4.79 Å². The monoisotopic (exact) mass is 559 g/mol. The second-order valence-electron chi connectivity index (χ2n) is 12.1. The van der Waals surface area contributed by atoms with Gasteiger partial charge in [-0.05, 0) is 80.8 Å². The first kappa shape index (κ1) is 27.5. The van der Waals surface area contributed by atoms with Gasteiger partial charge in [0.1, 0.15) is 27.5 Å². The first-order valence-corrected chi connectivity index (χ1v) is 15.7. The molecule has 1 heterocycles. The summed E-state index contributed by atoms with van der Waals surface area (Å²) in [6.45, 7) is 1.54. The number of aromatic amines is 1. The topological polar surface area (TPSA) is 155 Å². The zero-order valence-corrected chi connectivity index (χ0v) is 23.1. The van der Waals surface area contributed by atoms with Gasteiger partial charge < -0.3 is 25.5 Å². The summed E-state index contributed by atoms with van der Waals surface area (Å²) in [5, 5.41) is 15.8. The predicted octanol–water partition coefficient (Wildman–Crippen LogP) is 3.02. The maximum absolute atomic E-state index is 13.6. The number of carboxylic acids is 1. The summed E-state index contributed by atoms with van der Waals surface area (Å²) in [6.07, 6.45) is 7.22. The Morgan fingerprint density at radius 1 is 1.10 bits per heavy atom. The minimum Gasteiger partial charge on any atom is -0.480 e. The molecule has 1 aromatic carbocycles. The fourth-order valence-corrected chi connectivity index (χ4v) is 7.86. The fourth-order valence-electron chi connectivity index (χ4n) is 7.19. The Labute approximate surface area is 228 Å². The maximum Gasteiger partial charge on any atom is 0.408 e. The third kappa shape index (κ3) is 6.08. The predicted molar refractivity (Wildman–Crippen MR) is 145 cm³/mol. The highest BCUT2D eigenvalue weighted by Gasteiger charge is 2.50. The molecule has 2 amide bonds. The van der Waals surface area contributed by atoms with Crippen LogP contribution < -0.4 is 10.6 Å². The van der Waals surface area contributed by atoms with Gasteiger partial charge in [-0.25, -0.2) is 18.0 Å². The van der Waals surface area contributed by atoms with Gasteiger partial charge in [0.15, 0.2) is 0 Å². The molecule has 1 unspecified atom stereocenters. The molecule has 2 atom stereocenters. The highest BCUT2D eigenvalue weighted by Crippen LogP contribution is 2.54. The molecule has 2 aromatic rings. The van der Waals surface area contributed by atoms with Crippen molar-refractivity contribution < 1.29 is 32.6 Å². The molecule has 4 aliphatic carbocycles. The second-order valence-corrected chi connectivity index (χ2v) is 14.3. The van der Waals surface area contributed by atoms with Crippen molar-refractivity contribution in [2.24, 2.45) is 23.7 Å². The molecule has 0 aliphatic heterocycles. The third-order valence-electron chi connectivity index (χ3n) is 8.86. The van der Waals surface area contributed by atoms with Gasteiger partial charge in [0, 0.05) is 29.8 Å². The summed E-state index contributed by atoms with van der Waals surface area (Å²) >= 11 is 0. The van der Waals surface area contributed by atoms with E-state index in [9.17, 15) is 27.9 Å². The number of nitrogens with one attached hydrogen (secondary N) is 3.